The molecule has 3 heterocycles. The number of aromatic hydroxyl groups is 2. The van der Waals surface area contributed by atoms with Gasteiger partial charge in [-0.25, -0.2) is 0 Å². The molecule has 0 saturated heterocycles. The van der Waals surface area contributed by atoms with Gasteiger partial charge in [-0.15, -0.1) is 0 Å². The molecule has 1 aromatic carbocycles. The van der Waals surface area contributed by atoms with Gasteiger partial charge in [0.15, 0.2) is 0 Å². The fraction of sp³-hybridized carbons (Fsp3) is 0.167. The number of benzene rings is 1. The second-order valence-electron chi connectivity index (χ2n) is 6.12. The number of hydrogen-bond acceptors (Lipinski definition) is 6. The molecular weight excluding hydrogens is 334 g/mol. The van der Waals surface area contributed by atoms with Gasteiger partial charge in [0, 0.05) is 38.0 Å². The third kappa shape index (κ3) is 2.71. The van der Waals surface area contributed by atoms with Gasteiger partial charge < -0.3 is 20.4 Å². The molecule has 1 aliphatic heterocycles. The number of nitrogens with one attached hydrogen (secondary N) is 1. The minimum Gasteiger partial charge on any atom is -0.508 e. The van der Waals surface area contributed by atoms with Crippen LogP contribution in [-0.4, -0.2) is 35.8 Å². The van der Waals surface area contributed by atoms with Crippen molar-refractivity contribution >= 4 is 17.4 Å². The third-order valence-electron chi connectivity index (χ3n) is 4.37. The van der Waals surface area contributed by atoms with E-state index in [1.807, 2.05) is 12.1 Å². The highest BCUT2D eigenvalue weighted by Crippen LogP contribution is 2.35. The molecule has 1 aliphatic rings. The predicted molar refractivity (Wildman–Crippen MR) is 94.1 cm³/mol. The van der Waals surface area contributed by atoms with Crippen molar-refractivity contribution in [3.63, 3.8) is 0 Å². The summed E-state index contributed by atoms with van der Waals surface area (Å²) in [5, 5.41) is 27.3. The average molecular weight is 351 g/mol. The number of carbonyl (C=O) groups excluding carboxylic acids is 1. The number of phenols is 2. The molecule has 8 nitrogen and oxygen atoms in total. The van der Waals surface area contributed by atoms with E-state index in [4.69, 9.17) is 0 Å². The first-order chi connectivity index (χ1) is 12.5. The van der Waals surface area contributed by atoms with Crippen LogP contribution >= 0.6 is 0 Å². The van der Waals surface area contributed by atoms with Crippen molar-refractivity contribution in [2.75, 3.05) is 5.32 Å². The van der Waals surface area contributed by atoms with E-state index >= 15 is 0 Å². The number of carbonyl (C=O) groups is 1. The van der Waals surface area contributed by atoms with Crippen molar-refractivity contribution in [2.45, 2.75) is 13.1 Å². The first kappa shape index (κ1) is 15.9. The van der Waals surface area contributed by atoms with E-state index in [2.05, 4.69) is 15.4 Å². The van der Waals surface area contributed by atoms with Gasteiger partial charge in [0.1, 0.15) is 22.9 Å². The second-order valence-corrected chi connectivity index (χ2v) is 6.12. The Labute approximate surface area is 149 Å². The van der Waals surface area contributed by atoms with Crippen LogP contribution in [-0.2, 0) is 20.1 Å². The minimum atomic E-state index is -0.342. The Kier molecular flexibility index (Phi) is 3.72. The maximum atomic E-state index is 13.1. The van der Waals surface area contributed by atoms with Crippen molar-refractivity contribution in [3.8, 4) is 11.5 Å². The molecule has 4 rings (SSSR count). The molecule has 0 bridgehead atoms. The Morgan fingerprint density at radius 2 is 2.04 bits per heavy atom. The third-order valence-corrected chi connectivity index (χ3v) is 4.37. The van der Waals surface area contributed by atoms with E-state index in [0.29, 0.717) is 24.6 Å². The van der Waals surface area contributed by atoms with Crippen molar-refractivity contribution in [1.29, 1.82) is 0 Å². The fourth-order valence-electron chi connectivity index (χ4n) is 3.07. The maximum absolute atomic E-state index is 13.1. The Hall–Kier alpha value is -3.55. The Morgan fingerprint density at radius 1 is 1.19 bits per heavy atom. The molecule has 26 heavy (non-hydrogen) atoms. The van der Waals surface area contributed by atoms with Gasteiger partial charge in [0.2, 0.25) is 0 Å². The molecule has 0 spiro atoms. The van der Waals surface area contributed by atoms with Gasteiger partial charge >= 0.3 is 0 Å². The number of phenolic OH excluding ortho intramolecular Hbond substituents is 2. The van der Waals surface area contributed by atoms with E-state index < -0.39 is 0 Å². The van der Waals surface area contributed by atoms with Crippen LogP contribution < -0.4 is 5.32 Å². The lowest BCUT2D eigenvalue weighted by Crippen LogP contribution is -2.26. The summed E-state index contributed by atoms with van der Waals surface area (Å²) in [7, 11) is 1.75. The van der Waals surface area contributed by atoms with Crippen molar-refractivity contribution in [1.82, 2.24) is 19.7 Å². The number of fused-ring (bicyclic) bond motifs is 1. The zero-order valence-electron chi connectivity index (χ0n) is 14.0. The molecular formula is C18H17N5O3. The van der Waals surface area contributed by atoms with Crippen LogP contribution in [0.3, 0.4) is 0 Å². The van der Waals surface area contributed by atoms with Gasteiger partial charge in [0.05, 0.1) is 24.1 Å². The molecule has 0 saturated carbocycles. The molecule has 1 amide bonds. The Bertz CT molecular complexity index is 973. The lowest BCUT2D eigenvalue weighted by Gasteiger charge is -2.19. The standard InChI is InChI=1S/C18H17N5O3/c1-22-16(4-6-20-22)21-13-7-12(24)8-15(25)17(13)18(26)23-9-11-3-2-5-19-14(11)10-23/h2-8,21,24-25H,9-10H2,1H3. The van der Waals surface area contributed by atoms with Crippen LogP contribution in [0.15, 0.2) is 42.7 Å². The molecule has 8 heteroatoms. The molecule has 132 valence electrons. The summed E-state index contributed by atoms with van der Waals surface area (Å²) in [5.74, 6) is -0.153. The maximum Gasteiger partial charge on any atom is 0.260 e. The van der Waals surface area contributed by atoms with E-state index in [9.17, 15) is 15.0 Å². The number of hydrogen-bond donors (Lipinski definition) is 3. The van der Waals surface area contributed by atoms with Gasteiger partial charge in [-0.1, -0.05) is 6.07 Å². The molecule has 0 radical (unpaired) electrons. The molecule has 0 aliphatic carbocycles. The van der Waals surface area contributed by atoms with Crippen molar-refractivity contribution < 1.29 is 15.0 Å². The van der Waals surface area contributed by atoms with Crippen LogP contribution in [0.1, 0.15) is 21.6 Å². The van der Waals surface area contributed by atoms with Gasteiger partial charge in [-0.2, -0.15) is 5.10 Å². The van der Waals surface area contributed by atoms with Crippen LogP contribution in [0.25, 0.3) is 0 Å². The summed E-state index contributed by atoms with van der Waals surface area (Å²) in [6.07, 6.45) is 3.30. The van der Waals surface area contributed by atoms with E-state index in [1.165, 1.54) is 6.07 Å². The van der Waals surface area contributed by atoms with E-state index in [1.54, 1.807) is 35.1 Å². The van der Waals surface area contributed by atoms with E-state index in [-0.39, 0.29) is 23.0 Å². The topological polar surface area (TPSA) is 104 Å². The number of amides is 1. The summed E-state index contributed by atoms with van der Waals surface area (Å²) in [6, 6.07) is 8.05. The highest BCUT2D eigenvalue weighted by molar-refractivity contribution is 6.03. The zero-order chi connectivity index (χ0) is 18.3. The summed E-state index contributed by atoms with van der Waals surface area (Å²) in [4.78, 5) is 19.0. The molecule has 3 aromatic rings. The number of aryl methyl sites for hydroxylation is 1. The number of pyridine rings is 1. The highest BCUT2D eigenvalue weighted by atomic mass is 16.3. The zero-order valence-corrected chi connectivity index (χ0v) is 14.0. The predicted octanol–water partition coefficient (Wildman–Crippen LogP) is 2.13. The summed E-state index contributed by atoms with van der Waals surface area (Å²) >= 11 is 0. The van der Waals surface area contributed by atoms with Crippen LogP contribution in [0, 0.1) is 0 Å². The number of rotatable bonds is 3. The number of nitrogens with zero attached hydrogens (tertiary/aromatic N) is 4. The smallest absolute Gasteiger partial charge is 0.260 e. The largest absolute Gasteiger partial charge is 0.508 e. The molecule has 0 unspecified atom stereocenters. The van der Waals surface area contributed by atoms with Crippen molar-refractivity contribution in [3.05, 3.63) is 59.5 Å². The summed E-state index contributed by atoms with van der Waals surface area (Å²) in [6.45, 7) is 0.800. The minimum absolute atomic E-state index is 0.0943. The monoisotopic (exact) mass is 351 g/mol. The number of anilines is 2. The van der Waals surface area contributed by atoms with E-state index in [0.717, 1.165) is 17.3 Å². The lowest BCUT2D eigenvalue weighted by molar-refractivity contribution is 0.0748. The van der Waals surface area contributed by atoms with Gasteiger partial charge in [-0.05, 0) is 11.6 Å². The van der Waals surface area contributed by atoms with Gasteiger partial charge in [-0.3, -0.25) is 14.5 Å². The first-order valence-electron chi connectivity index (χ1n) is 8.06. The van der Waals surface area contributed by atoms with Crippen LogP contribution in [0.4, 0.5) is 11.5 Å². The normalized spacial score (nSPS) is 12.9. The lowest BCUT2D eigenvalue weighted by atomic mass is 10.1. The molecule has 0 fully saturated rings. The van der Waals surface area contributed by atoms with Crippen molar-refractivity contribution in [2.24, 2.45) is 7.05 Å². The van der Waals surface area contributed by atoms with Crippen LogP contribution in [0.2, 0.25) is 0 Å². The summed E-state index contributed by atoms with van der Waals surface area (Å²) in [5.41, 5.74) is 2.23. The van der Waals surface area contributed by atoms with Gasteiger partial charge in [0.25, 0.3) is 5.91 Å². The summed E-state index contributed by atoms with van der Waals surface area (Å²) < 4.78 is 1.59. The fourth-order valence-corrected chi connectivity index (χ4v) is 3.07. The Morgan fingerprint density at radius 3 is 2.77 bits per heavy atom. The first-order valence-corrected chi connectivity index (χ1v) is 8.06. The Balaban J connectivity index is 1.70. The number of aromatic nitrogens is 3. The SMILES string of the molecule is Cn1nccc1Nc1cc(O)cc(O)c1C(=O)N1Cc2cccnc2C1. The molecule has 0 atom stereocenters. The van der Waals surface area contributed by atoms with Crippen LogP contribution in [0.5, 0.6) is 11.5 Å². The quantitative estimate of drug-likeness (QED) is 0.668. The average Bonchev–Trinajstić information content (AvgIpc) is 3.20. The molecule has 2 aromatic heterocycles. The highest BCUT2D eigenvalue weighted by Gasteiger charge is 2.29. The second kappa shape index (κ2) is 6.07. The molecule has 3 N–H and O–H groups in total.